The quantitative estimate of drug-likeness (QED) is 0.905. The highest BCUT2D eigenvalue weighted by atomic mass is 16.5. The lowest BCUT2D eigenvalue weighted by atomic mass is 9.93. The molecule has 1 heterocycles. The number of nitrogens with zero attached hydrogens (tertiary/aromatic N) is 1. The monoisotopic (exact) mass is 324 g/mol. The van der Waals surface area contributed by atoms with Crippen molar-refractivity contribution in [1.82, 2.24) is 10.2 Å². The Morgan fingerprint density at radius 3 is 2.21 bits per heavy atom. The van der Waals surface area contributed by atoms with Gasteiger partial charge >= 0.3 is 0 Å². The van der Waals surface area contributed by atoms with E-state index in [1.54, 1.807) is 7.11 Å². The van der Waals surface area contributed by atoms with Crippen LogP contribution in [0.5, 0.6) is 5.75 Å². The van der Waals surface area contributed by atoms with Crippen LogP contribution in [-0.4, -0.2) is 38.2 Å². The average molecular weight is 324 g/mol. The van der Waals surface area contributed by atoms with Crippen LogP contribution in [0.2, 0.25) is 0 Å². The van der Waals surface area contributed by atoms with E-state index in [-0.39, 0.29) is 6.04 Å². The zero-order valence-corrected chi connectivity index (χ0v) is 15.0. The van der Waals surface area contributed by atoms with E-state index in [2.05, 4.69) is 66.5 Å². The lowest BCUT2D eigenvalue weighted by Gasteiger charge is -2.35. The molecule has 0 aliphatic carbocycles. The van der Waals surface area contributed by atoms with Crippen molar-refractivity contribution in [2.24, 2.45) is 0 Å². The molecule has 1 aliphatic heterocycles. The van der Waals surface area contributed by atoms with Gasteiger partial charge in [0.05, 0.1) is 13.2 Å². The predicted molar refractivity (Wildman–Crippen MR) is 99.8 cm³/mol. The fourth-order valence-corrected chi connectivity index (χ4v) is 3.43. The van der Waals surface area contributed by atoms with E-state index < -0.39 is 0 Å². The molecule has 1 aliphatic rings. The van der Waals surface area contributed by atoms with Crippen molar-refractivity contribution in [3.05, 3.63) is 65.2 Å². The van der Waals surface area contributed by atoms with Gasteiger partial charge in [-0.05, 0) is 34.7 Å². The molecule has 1 atom stereocenters. The summed E-state index contributed by atoms with van der Waals surface area (Å²) in [4.78, 5) is 2.57. The number of nitrogens with one attached hydrogen (secondary N) is 1. The second kappa shape index (κ2) is 7.82. The van der Waals surface area contributed by atoms with Gasteiger partial charge in [-0.3, -0.25) is 4.90 Å². The Morgan fingerprint density at radius 2 is 1.58 bits per heavy atom. The molecule has 3 heteroatoms. The highest BCUT2D eigenvalue weighted by Gasteiger charge is 2.24. The van der Waals surface area contributed by atoms with Gasteiger partial charge < -0.3 is 10.1 Å². The predicted octanol–water partition coefficient (Wildman–Crippen LogP) is 3.81. The van der Waals surface area contributed by atoms with E-state index in [4.69, 9.17) is 4.74 Å². The zero-order chi connectivity index (χ0) is 16.9. The van der Waals surface area contributed by atoms with Crippen molar-refractivity contribution in [2.75, 3.05) is 33.3 Å². The number of methoxy groups -OCH3 is 1. The van der Waals surface area contributed by atoms with Crippen LogP contribution in [0.15, 0.2) is 48.5 Å². The Labute approximate surface area is 145 Å². The van der Waals surface area contributed by atoms with Crippen LogP contribution in [0.25, 0.3) is 0 Å². The van der Waals surface area contributed by atoms with Gasteiger partial charge in [0.2, 0.25) is 0 Å². The van der Waals surface area contributed by atoms with Gasteiger partial charge in [-0.2, -0.15) is 0 Å². The number of benzene rings is 2. The minimum absolute atomic E-state index is 0.281. The van der Waals surface area contributed by atoms with Crippen molar-refractivity contribution in [3.63, 3.8) is 0 Å². The first-order valence-electron chi connectivity index (χ1n) is 8.87. The van der Waals surface area contributed by atoms with Crippen molar-refractivity contribution in [1.29, 1.82) is 0 Å². The molecular weight excluding hydrogens is 296 g/mol. The van der Waals surface area contributed by atoms with E-state index in [1.807, 2.05) is 6.07 Å². The molecule has 1 unspecified atom stereocenters. The van der Waals surface area contributed by atoms with Gasteiger partial charge in [0.25, 0.3) is 0 Å². The van der Waals surface area contributed by atoms with Crippen LogP contribution < -0.4 is 10.1 Å². The number of ether oxygens (including phenoxy) is 1. The maximum Gasteiger partial charge on any atom is 0.119 e. The fraction of sp³-hybridized carbons (Fsp3) is 0.429. The number of rotatable bonds is 5. The molecule has 1 N–H and O–H groups in total. The lowest BCUT2D eigenvalue weighted by Crippen LogP contribution is -2.45. The Kier molecular flexibility index (Phi) is 5.54. The maximum atomic E-state index is 5.45. The summed E-state index contributed by atoms with van der Waals surface area (Å²) in [5, 5.41) is 3.45. The van der Waals surface area contributed by atoms with E-state index in [1.165, 1.54) is 16.7 Å². The van der Waals surface area contributed by atoms with Gasteiger partial charge in [0.1, 0.15) is 5.75 Å². The molecule has 2 aromatic carbocycles. The minimum atomic E-state index is 0.281. The lowest BCUT2D eigenvalue weighted by molar-refractivity contribution is 0.198. The molecule has 24 heavy (non-hydrogen) atoms. The van der Waals surface area contributed by atoms with E-state index in [0.29, 0.717) is 5.92 Å². The molecule has 3 rings (SSSR count). The summed E-state index contributed by atoms with van der Waals surface area (Å²) in [6, 6.07) is 17.9. The van der Waals surface area contributed by atoms with Gasteiger partial charge in [-0.1, -0.05) is 50.2 Å². The molecular formula is C21H28N2O. The second-order valence-corrected chi connectivity index (χ2v) is 6.79. The highest BCUT2D eigenvalue weighted by Crippen LogP contribution is 2.31. The zero-order valence-electron chi connectivity index (χ0n) is 15.0. The molecule has 1 saturated heterocycles. The van der Waals surface area contributed by atoms with Crippen molar-refractivity contribution in [3.8, 4) is 5.75 Å². The molecule has 0 amide bonds. The standard InChI is InChI=1S/C21H28N2O/c1-16(2)17-7-9-18(10-8-17)21(23-13-11-22-12-14-23)19-5-4-6-20(15-19)24-3/h4-10,15-16,21-22H,11-14H2,1-3H3. The van der Waals surface area contributed by atoms with Gasteiger partial charge in [-0.15, -0.1) is 0 Å². The summed E-state index contributed by atoms with van der Waals surface area (Å²) in [5.74, 6) is 1.49. The third-order valence-electron chi connectivity index (χ3n) is 4.85. The SMILES string of the molecule is COc1cccc(C(c2ccc(C(C)C)cc2)N2CCNCC2)c1. The van der Waals surface area contributed by atoms with Crippen LogP contribution in [0, 0.1) is 0 Å². The largest absolute Gasteiger partial charge is 0.497 e. The first-order chi connectivity index (χ1) is 11.7. The van der Waals surface area contributed by atoms with E-state index in [0.717, 1.165) is 31.9 Å². The average Bonchev–Trinajstić information content (AvgIpc) is 2.63. The molecule has 128 valence electrons. The minimum Gasteiger partial charge on any atom is -0.497 e. The molecule has 0 radical (unpaired) electrons. The third-order valence-corrected chi connectivity index (χ3v) is 4.85. The second-order valence-electron chi connectivity index (χ2n) is 6.79. The van der Waals surface area contributed by atoms with Gasteiger partial charge in [0, 0.05) is 26.2 Å². The number of hydrogen-bond donors (Lipinski definition) is 1. The summed E-state index contributed by atoms with van der Waals surface area (Å²) < 4.78 is 5.45. The number of hydrogen-bond acceptors (Lipinski definition) is 3. The Morgan fingerprint density at radius 1 is 0.917 bits per heavy atom. The van der Waals surface area contributed by atoms with Crippen LogP contribution in [0.4, 0.5) is 0 Å². The molecule has 0 saturated carbocycles. The van der Waals surface area contributed by atoms with E-state index >= 15 is 0 Å². The first-order valence-corrected chi connectivity index (χ1v) is 8.87. The third kappa shape index (κ3) is 3.80. The van der Waals surface area contributed by atoms with Crippen molar-refractivity contribution in [2.45, 2.75) is 25.8 Å². The summed E-state index contributed by atoms with van der Waals surface area (Å²) in [6.07, 6.45) is 0. The summed E-state index contributed by atoms with van der Waals surface area (Å²) in [7, 11) is 1.73. The van der Waals surface area contributed by atoms with Crippen molar-refractivity contribution >= 4 is 0 Å². The Bertz CT molecular complexity index is 645. The van der Waals surface area contributed by atoms with Crippen LogP contribution in [0.3, 0.4) is 0 Å². The van der Waals surface area contributed by atoms with Crippen LogP contribution in [-0.2, 0) is 0 Å². The van der Waals surface area contributed by atoms with Gasteiger partial charge in [0.15, 0.2) is 0 Å². The molecule has 3 nitrogen and oxygen atoms in total. The number of piperazine rings is 1. The normalized spacial score (nSPS) is 17.0. The van der Waals surface area contributed by atoms with Crippen molar-refractivity contribution < 1.29 is 4.74 Å². The summed E-state index contributed by atoms with van der Waals surface area (Å²) in [5.41, 5.74) is 4.05. The first kappa shape index (κ1) is 17.0. The molecule has 0 aromatic heterocycles. The van der Waals surface area contributed by atoms with E-state index in [9.17, 15) is 0 Å². The maximum absolute atomic E-state index is 5.45. The fourth-order valence-electron chi connectivity index (χ4n) is 3.43. The summed E-state index contributed by atoms with van der Waals surface area (Å²) >= 11 is 0. The Hall–Kier alpha value is -1.84. The topological polar surface area (TPSA) is 24.5 Å². The molecule has 2 aromatic rings. The molecule has 0 bridgehead atoms. The van der Waals surface area contributed by atoms with Crippen LogP contribution in [0.1, 0.15) is 42.5 Å². The Balaban J connectivity index is 1.97. The smallest absolute Gasteiger partial charge is 0.119 e. The van der Waals surface area contributed by atoms with Crippen LogP contribution >= 0.6 is 0 Å². The molecule has 1 fully saturated rings. The van der Waals surface area contributed by atoms with Gasteiger partial charge in [-0.25, -0.2) is 0 Å². The molecule has 0 spiro atoms. The highest BCUT2D eigenvalue weighted by molar-refractivity contribution is 5.38. The summed E-state index contributed by atoms with van der Waals surface area (Å²) in [6.45, 7) is 8.70.